The van der Waals surface area contributed by atoms with Crippen molar-refractivity contribution in [1.82, 2.24) is 0 Å². The maximum Gasteiger partial charge on any atom is -1.00 e. The molecule has 0 fully saturated rings. The molecule has 0 saturated heterocycles. The Hall–Kier alpha value is -2.18. The monoisotopic (exact) mass is 808 g/mol. The van der Waals surface area contributed by atoms with Gasteiger partial charge in [0.25, 0.3) is 0 Å². The fraction of sp³-hybridized carbons (Fsp3) is 0.429. The Labute approximate surface area is 343 Å². The summed E-state index contributed by atoms with van der Waals surface area (Å²) in [6, 6.07) is 22.8. The van der Waals surface area contributed by atoms with Gasteiger partial charge in [0.2, 0.25) is 0 Å². The van der Waals surface area contributed by atoms with Gasteiger partial charge in [0.05, 0.1) is 0 Å². The molecule has 0 radical (unpaired) electrons. The van der Waals surface area contributed by atoms with Crippen molar-refractivity contribution < 1.29 is 49.0 Å². The third kappa shape index (κ3) is 9.19. The zero-order valence-electron chi connectivity index (χ0n) is 34.4. The van der Waals surface area contributed by atoms with E-state index in [1.807, 2.05) is 6.07 Å². The molecule has 4 aromatic rings. The van der Waals surface area contributed by atoms with Crippen molar-refractivity contribution in [2.45, 2.75) is 115 Å². The molecule has 3 heteroatoms. The summed E-state index contributed by atoms with van der Waals surface area (Å²) in [5.41, 5.74) is 12.4. The first kappa shape index (κ1) is 44.2. The van der Waals surface area contributed by atoms with E-state index in [1.54, 1.807) is 0 Å². The molecule has 0 aliphatic heterocycles. The third-order valence-electron chi connectivity index (χ3n) is 10.6. The van der Waals surface area contributed by atoms with Crippen molar-refractivity contribution in [1.29, 1.82) is 0 Å². The summed E-state index contributed by atoms with van der Waals surface area (Å²) in [6.07, 6.45) is 12.7. The average Bonchev–Trinajstić information content (AvgIpc) is 3.73. The zero-order valence-corrected chi connectivity index (χ0v) is 38.4. The maximum atomic E-state index is 3.26. The van der Waals surface area contributed by atoms with Crippen LogP contribution in [-0.2, 0) is 35.1 Å². The van der Waals surface area contributed by atoms with E-state index in [-0.39, 0.29) is 46.5 Å². The summed E-state index contributed by atoms with van der Waals surface area (Å²) in [4.78, 5) is 0. The van der Waals surface area contributed by atoms with E-state index < -0.39 is 0 Å². The van der Waals surface area contributed by atoms with Gasteiger partial charge in [-0.3, -0.25) is 6.08 Å². The Morgan fingerprint density at radius 3 is 1.38 bits per heavy atom. The third-order valence-corrected chi connectivity index (χ3v) is 11.3. The molecular weight excluding hydrogens is 751 g/mol. The predicted molar refractivity (Wildman–Crippen MR) is 219 cm³/mol. The van der Waals surface area contributed by atoms with Crippen LogP contribution in [0.4, 0.5) is 0 Å². The fourth-order valence-corrected chi connectivity index (χ4v) is 8.04. The summed E-state index contributed by atoms with van der Waals surface area (Å²) in [5.74, 6) is 0.522. The number of hydrogen-bond acceptors (Lipinski definition) is 0. The van der Waals surface area contributed by atoms with Crippen LogP contribution in [0.5, 0.6) is 0 Å². The van der Waals surface area contributed by atoms with E-state index in [9.17, 15) is 0 Å². The zero-order chi connectivity index (χ0) is 37.2. The van der Waals surface area contributed by atoms with Crippen LogP contribution in [0, 0.1) is 28.2 Å². The van der Waals surface area contributed by atoms with Gasteiger partial charge >= 0.3 is 70.3 Å². The van der Waals surface area contributed by atoms with Crippen LogP contribution in [0.25, 0.3) is 32.7 Å². The average molecular weight is 811 g/mol. The molecule has 7 rings (SSSR count). The largest absolute Gasteiger partial charge is 1.00 e. The number of rotatable bonds is 1. The molecule has 0 N–H and O–H groups in total. The number of halogens is 2. The molecule has 4 aromatic carbocycles. The second-order valence-electron chi connectivity index (χ2n) is 19.1. The maximum absolute atomic E-state index is 3.26. The van der Waals surface area contributed by atoms with Gasteiger partial charge in [0.15, 0.2) is 0 Å². The molecular formula is C49H60Cl2Zr-2. The minimum absolute atomic E-state index is 0. The quantitative estimate of drug-likeness (QED) is 0.172. The molecule has 0 aromatic heterocycles. The fourth-order valence-electron chi connectivity index (χ4n) is 7.63. The van der Waals surface area contributed by atoms with E-state index in [1.165, 1.54) is 93.5 Å². The van der Waals surface area contributed by atoms with Gasteiger partial charge in [-0.25, -0.2) is 6.08 Å². The molecule has 0 saturated carbocycles. The molecule has 0 amide bonds. The molecule has 0 bridgehead atoms. The first-order valence-corrected chi connectivity index (χ1v) is 19.7. The molecule has 1 unspecified atom stereocenters. The van der Waals surface area contributed by atoms with Crippen molar-refractivity contribution >= 4 is 35.9 Å². The van der Waals surface area contributed by atoms with E-state index in [0.29, 0.717) is 11.3 Å². The summed E-state index contributed by atoms with van der Waals surface area (Å²) < 4.78 is 1.46. The van der Waals surface area contributed by atoms with Gasteiger partial charge < -0.3 is 24.8 Å². The topological polar surface area (TPSA) is 0 Å². The van der Waals surface area contributed by atoms with Gasteiger partial charge in [0, 0.05) is 10.8 Å². The Kier molecular flexibility index (Phi) is 13.2. The van der Waals surface area contributed by atoms with Crippen molar-refractivity contribution in [3.8, 4) is 0 Å². The Bertz CT molecular complexity index is 1970. The first-order valence-electron chi connectivity index (χ1n) is 18.5. The summed E-state index contributed by atoms with van der Waals surface area (Å²) >= 11 is 1.51. The summed E-state index contributed by atoms with van der Waals surface area (Å²) in [7, 11) is 0. The standard InChI is InChI=1S/C31H37.C10H15.C8H8.2ClH.Zr/c1-28(2,3)26-16-30(7,8)24-12-18-11-19-13-25-23(15-21(19)20(18)14-22(24)26)27(29(4,5)6)17-31(25,9)10;1-8-5-6-9(7-8)10(2,3)4;1-2-8-6-4-3-5-7-8;;;/h11-17H,1-10H3;6-8H,1-4H3;3-7H,1H3;2*1H;/q2*-1;;;;+2/p-2. The Balaban J connectivity index is 0.000000285. The van der Waals surface area contributed by atoms with E-state index in [2.05, 4.69) is 189 Å². The second-order valence-corrected chi connectivity index (χ2v) is 21.0. The summed E-state index contributed by atoms with van der Waals surface area (Å²) in [5, 5.41) is 5.58. The van der Waals surface area contributed by atoms with Gasteiger partial charge in [-0.05, 0) is 33.1 Å². The van der Waals surface area contributed by atoms with Gasteiger partial charge in [-0.15, -0.1) is 39.7 Å². The smallest absolute Gasteiger partial charge is 1.00 e. The Morgan fingerprint density at radius 2 is 1.10 bits per heavy atom. The van der Waals surface area contributed by atoms with Crippen LogP contribution in [0.3, 0.4) is 0 Å². The predicted octanol–water partition coefficient (Wildman–Crippen LogP) is 7.90. The van der Waals surface area contributed by atoms with Gasteiger partial charge in [-0.1, -0.05) is 144 Å². The van der Waals surface area contributed by atoms with Gasteiger partial charge in [0.1, 0.15) is 0 Å². The van der Waals surface area contributed by atoms with E-state index in [4.69, 9.17) is 0 Å². The number of allylic oxidation sites excluding steroid dienone is 8. The van der Waals surface area contributed by atoms with Crippen LogP contribution in [0.1, 0.15) is 132 Å². The number of benzene rings is 3. The van der Waals surface area contributed by atoms with Crippen molar-refractivity contribution in [2.75, 3.05) is 0 Å². The van der Waals surface area contributed by atoms with Crippen molar-refractivity contribution in [2.24, 2.45) is 22.2 Å². The first-order chi connectivity index (χ1) is 22.9. The van der Waals surface area contributed by atoms with Crippen LogP contribution < -0.4 is 24.8 Å². The SMILES string of the molecule is CC(C)(C)C1=CC(C)(C)c2cc3[cH-]c4cc5c(cc4c3cc21)C(C(C)(C)C)=CC5(C)C.CC1[C-]=CC(C(C)(C)C)=C1.C[C](=[Zr+2])c1ccccc1.[Cl-].[Cl-]. The number of fused-ring (bicyclic) bond motifs is 5. The molecule has 0 nitrogen and oxygen atoms in total. The van der Waals surface area contributed by atoms with E-state index in [0.717, 1.165) is 0 Å². The molecule has 3 aliphatic carbocycles. The second kappa shape index (κ2) is 15.5. The Morgan fingerprint density at radius 1 is 0.673 bits per heavy atom. The van der Waals surface area contributed by atoms with Crippen molar-refractivity contribution in [3.63, 3.8) is 0 Å². The van der Waals surface area contributed by atoms with Crippen LogP contribution in [0.15, 0.2) is 90.5 Å². The van der Waals surface area contributed by atoms with Crippen LogP contribution in [-0.4, -0.2) is 3.21 Å². The van der Waals surface area contributed by atoms with E-state index >= 15 is 0 Å². The molecule has 0 spiro atoms. The van der Waals surface area contributed by atoms with Gasteiger partial charge in [-0.2, -0.15) is 11.6 Å². The van der Waals surface area contributed by atoms with Crippen LogP contribution >= 0.6 is 0 Å². The van der Waals surface area contributed by atoms with Crippen molar-refractivity contribution in [3.05, 3.63) is 124 Å². The molecule has 3 aliphatic rings. The molecule has 52 heavy (non-hydrogen) atoms. The molecule has 1 atom stereocenters. The minimum atomic E-state index is 0. The minimum Gasteiger partial charge on any atom is -1.00 e. The summed E-state index contributed by atoms with van der Waals surface area (Å²) in [6.45, 7) is 34.5. The molecule has 276 valence electrons. The van der Waals surface area contributed by atoms with Crippen LogP contribution in [0.2, 0.25) is 0 Å². The number of hydrogen-bond donors (Lipinski definition) is 0. The molecule has 0 heterocycles. The normalized spacial score (nSPS) is 18.1.